The summed E-state index contributed by atoms with van der Waals surface area (Å²) in [4.78, 5) is 1.97. The Labute approximate surface area is 74.8 Å². The summed E-state index contributed by atoms with van der Waals surface area (Å²) in [6.07, 6.45) is 0. The molecule has 0 fully saturated rings. The fourth-order valence-electron chi connectivity index (χ4n) is 0.565. The molecule has 1 aromatic rings. The molecule has 1 heterocycles. The van der Waals surface area contributed by atoms with E-state index in [1.165, 1.54) is 0 Å². The van der Waals surface area contributed by atoms with Gasteiger partial charge >= 0.3 is 0 Å². The lowest BCUT2D eigenvalue weighted by atomic mass is 10.9. The van der Waals surface area contributed by atoms with Gasteiger partial charge < -0.3 is 4.90 Å². The van der Waals surface area contributed by atoms with Crippen LogP contribution in [0.2, 0.25) is 0 Å². The van der Waals surface area contributed by atoms with Crippen LogP contribution in [-0.4, -0.2) is 30.0 Å². The van der Waals surface area contributed by atoms with Gasteiger partial charge in [-0.3, -0.25) is 0 Å². The van der Waals surface area contributed by atoms with Crippen molar-refractivity contribution in [3.63, 3.8) is 0 Å². The number of hydrogen-bond donors (Lipinski definition) is 0. The number of aromatic nitrogens is 2. The second-order valence-corrected chi connectivity index (χ2v) is 4.65. The maximum Gasteiger partial charge on any atom is 0.208 e. The second-order valence-electron chi connectivity index (χ2n) is 2.18. The van der Waals surface area contributed by atoms with E-state index in [9.17, 15) is 0 Å². The van der Waals surface area contributed by atoms with E-state index in [1.807, 2.05) is 19.0 Å². The molecule has 0 aliphatic heterocycles. The highest BCUT2D eigenvalue weighted by Crippen LogP contribution is 2.26. The third-order valence-corrected chi connectivity index (χ3v) is 3.15. The Morgan fingerprint density at radius 2 is 2.18 bits per heavy atom. The van der Waals surface area contributed by atoms with Gasteiger partial charge in [0.05, 0.1) is 0 Å². The summed E-state index contributed by atoms with van der Waals surface area (Å²) in [6, 6.07) is 0. The molecule has 3 nitrogen and oxygen atoms in total. The topological polar surface area (TPSA) is 29.0 Å². The van der Waals surface area contributed by atoms with Crippen LogP contribution in [0, 0.1) is 0 Å². The van der Waals surface area contributed by atoms with Gasteiger partial charge in [-0.25, -0.2) is 0 Å². The van der Waals surface area contributed by atoms with Gasteiger partial charge in [0.15, 0.2) is 4.34 Å². The van der Waals surface area contributed by atoms with Crippen molar-refractivity contribution in [2.75, 3.05) is 24.7 Å². The Balaban J connectivity index is 2.66. The van der Waals surface area contributed by atoms with E-state index in [-0.39, 0.29) is 0 Å². The lowest BCUT2D eigenvalue weighted by molar-refractivity contribution is 0.973. The van der Waals surface area contributed by atoms with Crippen LogP contribution in [-0.2, 0) is 0 Å². The molecule has 0 aliphatic carbocycles. The van der Waals surface area contributed by atoms with Crippen molar-refractivity contribution >= 4 is 28.2 Å². The van der Waals surface area contributed by atoms with Gasteiger partial charge in [0.1, 0.15) is 0 Å². The van der Waals surface area contributed by atoms with Crippen molar-refractivity contribution in [3.8, 4) is 0 Å². The van der Waals surface area contributed by atoms with E-state index in [4.69, 9.17) is 0 Å². The molecule has 0 unspecified atom stereocenters. The highest BCUT2D eigenvalue weighted by Gasteiger charge is 2.03. The summed E-state index contributed by atoms with van der Waals surface area (Å²) in [5.41, 5.74) is 0. The van der Waals surface area contributed by atoms with Crippen LogP contribution in [0.1, 0.15) is 6.92 Å². The predicted molar refractivity (Wildman–Crippen MR) is 50.6 cm³/mol. The molecular weight excluding hydrogens is 178 g/mol. The van der Waals surface area contributed by atoms with Crippen LogP contribution in [0.15, 0.2) is 4.34 Å². The Kier molecular flexibility index (Phi) is 3.14. The van der Waals surface area contributed by atoms with Crippen LogP contribution < -0.4 is 4.90 Å². The zero-order valence-electron chi connectivity index (χ0n) is 6.87. The van der Waals surface area contributed by atoms with Crippen LogP contribution in [0.3, 0.4) is 0 Å². The largest absolute Gasteiger partial charge is 0.353 e. The maximum absolute atomic E-state index is 4.02. The molecular formula is C6H11N3S2. The van der Waals surface area contributed by atoms with Gasteiger partial charge in [-0.15, -0.1) is 10.2 Å². The molecule has 1 rings (SSSR count). The summed E-state index contributed by atoms with van der Waals surface area (Å²) in [5, 5.41) is 9.00. The number of rotatable bonds is 3. The van der Waals surface area contributed by atoms with Crippen molar-refractivity contribution in [1.29, 1.82) is 0 Å². The molecule has 0 radical (unpaired) electrons. The van der Waals surface area contributed by atoms with Crippen molar-refractivity contribution < 1.29 is 0 Å². The van der Waals surface area contributed by atoms with Crippen molar-refractivity contribution in [2.45, 2.75) is 11.3 Å². The molecule has 0 amide bonds. The third-order valence-electron chi connectivity index (χ3n) is 1.05. The summed E-state index contributed by atoms with van der Waals surface area (Å²) < 4.78 is 1.05. The van der Waals surface area contributed by atoms with Crippen molar-refractivity contribution in [3.05, 3.63) is 0 Å². The first-order valence-electron chi connectivity index (χ1n) is 3.37. The van der Waals surface area contributed by atoms with E-state index in [0.29, 0.717) is 0 Å². The van der Waals surface area contributed by atoms with Gasteiger partial charge in [0, 0.05) is 14.1 Å². The average Bonchev–Trinajstić information content (AvgIpc) is 2.37. The fourth-order valence-corrected chi connectivity index (χ4v) is 2.23. The van der Waals surface area contributed by atoms with E-state index < -0.39 is 0 Å². The van der Waals surface area contributed by atoms with Crippen molar-refractivity contribution in [2.24, 2.45) is 0 Å². The number of thioether (sulfide) groups is 1. The molecule has 0 saturated carbocycles. The molecule has 1 aromatic heterocycles. The summed E-state index contributed by atoms with van der Waals surface area (Å²) in [5.74, 6) is 1.06. The first-order chi connectivity index (χ1) is 5.24. The minimum absolute atomic E-state index is 0.973. The zero-order chi connectivity index (χ0) is 8.27. The standard InChI is InChI=1S/C6H11N3S2/c1-4-10-6-8-7-5(11-6)9(2)3/h4H2,1-3H3. The molecule has 0 aliphatic rings. The van der Waals surface area contributed by atoms with Crippen LogP contribution in [0.5, 0.6) is 0 Å². The molecule has 5 heteroatoms. The Morgan fingerprint density at radius 1 is 1.45 bits per heavy atom. The zero-order valence-corrected chi connectivity index (χ0v) is 8.50. The van der Waals surface area contributed by atoms with Crippen LogP contribution in [0.4, 0.5) is 5.13 Å². The van der Waals surface area contributed by atoms with Crippen molar-refractivity contribution in [1.82, 2.24) is 10.2 Å². The second kappa shape index (κ2) is 3.92. The Hall–Kier alpha value is -0.290. The quantitative estimate of drug-likeness (QED) is 0.677. The maximum atomic E-state index is 4.02. The van der Waals surface area contributed by atoms with Gasteiger partial charge in [0.25, 0.3) is 0 Å². The van der Waals surface area contributed by atoms with Crippen LogP contribution in [0.25, 0.3) is 0 Å². The fraction of sp³-hybridized carbons (Fsp3) is 0.667. The Bertz CT molecular complexity index is 221. The molecule has 62 valence electrons. The summed E-state index contributed by atoms with van der Waals surface area (Å²) in [7, 11) is 3.95. The monoisotopic (exact) mass is 189 g/mol. The summed E-state index contributed by atoms with van der Waals surface area (Å²) in [6.45, 7) is 2.11. The van der Waals surface area contributed by atoms with E-state index in [0.717, 1.165) is 15.2 Å². The minimum Gasteiger partial charge on any atom is -0.353 e. The van der Waals surface area contributed by atoms with Crippen LogP contribution >= 0.6 is 23.1 Å². The van der Waals surface area contributed by atoms with E-state index in [2.05, 4.69) is 17.1 Å². The SMILES string of the molecule is CCSc1nnc(N(C)C)s1. The van der Waals surface area contributed by atoms with Gasteiger partial charge in [-0.05, 0) is 5.75 Å². The molecule has 0 N–H and O–H groups in total. The minimum atomic E-state index is 0.973. The van der Waals surface area contributed by atoms with Gasteiger partial charge in [-0.1, -0.05) is 30.0 Å². The van der Waals surface area contributed by atoms with Gasteiger partial charge in [-0.2, -0.15) is 0 Å². The predicted octanol–water partition coefficient (Wildman–Crippen LogP) is 1.72. The van der Waals surface area contributed by atoms with E-state index >= 15 is 0 Å². The summed E-state index contributed by atoms with van der Waals surface area (Å²) >= 11 is 3.36. The molecule has 11 heavy (non-hydrogen) atoms. The van der Waals surface area contributed by atoms with Gasteiger partial charge in [0.2, 0.25) is 5.13 Å². The molecule has 0 bridgehead atoms. The highest BCUT2D eigenvalue weighted by atomic mass is 32.2. The smallest absolute Gasteiger partial charge is 0.208 e. The molecule has 0 saturated heterocycles. The van der Waals surface area contributed by atoms with E-state index in [1.54, 1.807) is 23.1 Å². The highest BCUT2D eigenvalue weighted by molar-refractivity contribution is 8.01. The normalized spacial score (nSPS) is 10.1. The third kappa shape index (κ3) is 2.34. The molecule has 0 atom stereocenters. The average molecular weight is 189 g/mol. The molecule has 0 spiro atoms. The molecule has 0 aromatic carbocycles. The lowest BCUT2D eigenvalue weighted by Gasteiger charge is -2.03. The first kappa shape index (κ1) is 8.80. The Morgan fingerprint density at radius 3 is 2.64 bits per heavy atom. The number of nitrogens with zero attached hydrogens (tertiary/aromatic N) is 3. The number of anilines is 1. The first-order valence-corrected chi connectivity index (χ1v) is 5.18. The lowest BCUT2D eigenvalue weighted by Crippen LogP contribution is -2.07. The number of hydrogen-bond acceptors (Lipinski definition) is 5.